The van der Waals surface area contributed by atoms with Gasteiger partial charge in [-0.15, -0.1) is 0 Å². The van der Waals surface area contributed by atoms with Crippen molar-refractivity contribution in [1.29, 1.82) is 0 Å². The van der Waals surface area contributed by atoms with Crippen molar-refractivity contribution in [2.45, 2.75) is 18.4 Å². The Labute approximate surface area is 190 Å². The van der Waals surface area contributed by atoms with Gasteiger partial charge in [-0.05, 0) is 55.6 Å². The molecule has 1 aromatic heterocycles. The number of sulfonamides is 1. The second-order valence-corrected chi connectivity index (χ2v) is 11.0. The molecule has 0 aliphatic carbocycles. The quantitative estimate of drug-likeness (QED) is 0.494. The van der Waals surface area contributed by atoms with E-state index in [0.29, 0.717) is 17.0 Å². The molecule has 0 bridgehead atoms. The Kier molecular flexibility index (Phi) is 7.58. The van der Waals surface area contributed by atoms with Gasteiger partial charge in [0.15, 0.2) is 4.80 Å². The Morgan fingerprint density at radius 2 is 1.90 bits per heavy atom. The van der Waals surface area contributed by atoms with Crippen molar-refractivity contribution >= 4 is 49.2 Å². The Morgan fingerprint density at radius 3 is 2.52 bits per heavy atom. The number of fused-ring (bicyclic) bond motifs is 1. The molecular weight excluding hydrogens is 454 g/mol. The molecular formula is C21H25N3O4S3. The summed E-state index contributed by atoms with van der Waals surface area (Å²) in [6.45, 7) is 3.24. The molecule has 0 aliphatic rings. The van der Waals surface area contributed by atoms with Gasteiger partial charge >= 0.3 is 0 Å². The third kappa shape index (κ3) is 5.20. The summed E-state index contributed by atoms with van der Waals surface area (Å²) < 4.78 is 34.2. The topological polar surface area (TPSA) is 81.0 Å². The summed E-state index contributed by atoms with van der Waals surface area (Å²) in [5, 5.41) is 0. The molecule has 0 atom stereocenters. The van der Waals surface area contributed by atoms with Crippen molar-refractivity contribution in [1.82, 2.24) is 8.87 Å². The summed E-state index contributed by atoms with van der Waals surface area (Å²) in [5.74, 6) is 1.25. The number of aryl methyl sites for hydroxylation is 1. The molecule has 31 heavy (non-hydrogen) atoms. The van der Waals surface area contributed by atoms with Crippen LogP contribution >= 0.6 is 23.1 Å². The number of thiazole rings is 1. The molecule has 1 amide bonds. The van der Waals surface area contributed by atoms with Crippen molar-refractivity contribution < 1.29 is 17.9 Å². The fraction of sp³-hybridized carbons (Fsp3) is 0.333. The van der Waals surface area contributed by atoms with Crippen LogP contribution in [0, 0.1) is 0 Å². The fourth-order valence-corrected chi connectivity index (χ4v) is 5.28. The zero-order valence-electron chi connectivity index (χ0n) is 17.9. The van der Waals surface area contributed by atoms with E-state index in [-0.39, 0.29) is 4.90 Å². The van der Waals surface area contributed by atoms with Gasteiger partial charge < -0.3 is 9.30 Å². The van der Waals surface area contributed by atoms with Crippen LogP contribution in [-0.4, -0.2) is 55.9 Å². The van der Waals surface area contributed by atoms with E-state index in [9.17, 15) is 13.2 Å². The average molecular weight is 480 g/mol. The number of rotatable bonds is 8. The average Bonchev–Trinajstić information content (AvgIpc) is 3.08. The van der Waals surface area contributed by atoms with Gasteiger partial charge in [-0.2, -0.15) is 16.8 Å². The van der Waals surface area contributed by atoms with E-state index in [1.54, 1.807) is 11.8 Å². The summed E-state index contributed by atoms with van der Waals surface area (Å²) in [5.41, 5.74) is 1.34. The lowest BCUT2D eigenvalue weighted by Crippen LogP contribution is -2.22. The number of ether oxygens (including phenoxy) is 1. The number of hydrogen-bond acceptors (Lipinski definition) is 6. The number of carbonyl (C=O) groups excluding carboxylic acids is 1. The summed E-state index contributed by atoms with van der Waals surface area (Å²) in [6.07, 6.45) is 2.04. The predicted octanol–water partition coefficient (Wildman–Crippen LogP) is 3.46. The first-order chi connectivity index (χ1) is 14.8. The van der Waals surface area contributed by atoms with E-state index in [1.165, 1.54) is 49.7 Å². The second-order valence-electron chi connectivity index (χ2n) is 6.82. The number of carbonyl (C=O) groups is 1. The van der Waals surface area contributed by atoms with E-state index >= 15 is 0 Å². The third-order valence-electron chi connectivity index (χ3n) is 4.56. The van der Waals surface area contributed by atoms with E-state index in [1.807, 2.05) is 35.9 Å². The van der Waals surface area contributed by atoms with Gasteiger partial charge in [0.2, 0.25) is 10.0 Å². The first-order valence-corrected chi connectivity index (χ1v) is 13.3. The molecule has 0 spiro atoms. The van der Waals surface area contributed by atoms with Gasteiger partial charge in [0.25, 0.3) is 5.91 Å². The Morgan fingerprint density at radius 1 is 1.19 bits per heavy atom. The van der Waals surface area contributed by atoms with Crippen LogP contribution in [0.1, 0.15) is 17.3 Å². The van der Waals surface area contributed by atoms with E-state index in [0.717, 1.165) is 32.6 Å². The summed E-state index contributed by atoms with van der Waals surface area (Å²) in [6, 6.07) is 11.7. The minimum atomic E-state index is -3.55. The summed E-state index contributed by atoms with van der Waals surface area (Å²) in [4.78, 5) is 17.9. The summed E-state index contributed by atoms with van der Waals surface area (Å²) in [7, 11) is -0.611. The van der Waals surface area contributed by atoms with Crippen LogP contribution in [0.3, 0.4) is 0 Å². The SMILES string of the molecule is CCOc1ccc2c(c1)sc(=NC(=O)c1ccc(S(=O)(=O)N(C)C)cc1)n2CCSC. The standard InChI is InChI=1S/C21H25N3O4S3/c1-5-28-16-8-11-18-19(14-16)30-21(24(18)12-13-29-4)22-20(25)15-6-9-17(10-7-15)31(26,27)23(2)3/h6-11,14H,5,12-13H2,1-4H3. The number of nitrogens with zero attached hydrogens (tertiary/aromatic N) is 3. The first-order valence-electron chi connectivity index (χ1n) is 9.64. The Hall–Kier alpha value is -2.14. The van der Waals surface area contributed by atoms with Crippen molar-refractivity contribution in [3.8, 4) is 5.75 Å². The molecule has 2 aromatic carbocycles. The van der Waals surface area contributed by atoms with Crippen LogP contribution < -0.4 is 9.54 Å². The molecule has 1 heterocycles. The van der Waals surface area contributed by atoms with Crippen LogP contribution in [0.5, 0.6) is 5.75 Å². The molecule has 3 rings (SSSR count). The molecule has 0 radical (unpaired) electrons. The highest BCUT2D eigenvalue weighted by molar-refractivity contribution is 7.98. The smallest absolute Gasteiger partial charge is 0.279 e. The first kappa shape index (κ1) is 23.5. The van der Waals surface area contributed by atoms with Gasteiger partial charge in [-0.3, -0.25) is 4.79 Å². The van der Waals surface area contributed by atoms with E-state index in [2.05, 4.69) is 4.99 Å². The lowest BCUT2D eigenvalue weighted by molar-refractivity contribution is 0.0997. The van der Waals surface area contributed by atoms with Crippen LogP contribution in [0.25, 0.3) is 10.2 Å². The predicted molar refractivity (Wildman–Crippen MR) is 127 cm³/mol. The molecule has 0 unspecified atom stereocenters. The van der Waals surface area contributed by atoms with Gasteiger partial charge in [-0.1, -0.05) is 11.3 Å². The normalized spacial score (nSPS) is 12.6. The summed E-state index contributed by atoms with van der Waals surface area (Å²) >= 11 is 3.15. The zero-order chi connectivity index (χ0) is 22.6. The third-order valence-corrected chi connectivity index (χ3v) is 8.02. The Balaban J connectivity index is 2.01. The molecule has 10 heteroatoms. The second kappa shape index (κ2) is 9.99. The maximum absolute atomic E-state index is 12.8. The van der Waals surface area contributed by atoms with Crippen LogP contribution in [0.2, 0.25) is 0 Å². The highest BCUT2D eigenvalue weighted by Crippen LogP contribution is 2.24. The van der Waals surface area contributed by atoms with Gasteiger partial charge in [0.05, 0.1) is 21.7 Å². The maximum atomic E-state index is 12.8. The lowest BCUT2D eigenvalue weighted by Gasteiger charge is -2.11. The number of hydrogen-bond donors (Lipinski definition) is 0. The molecule has 0 fully saturated rings. The van der Waals surface area contributed by atoms with Crippen LogP contribution in [0.4, 0.5) is 0 Å². The highest BCUT2D eigenvalue weighted by atomic mass is 32.2. The van der Waals surface area contributed by atoms with E-state index < -0.39 is 15.9 Å². The van der Waals surface area contributed by atoms with Crippen LogP contribution in [-0.2, 0) is 16.6 Å². The maximum Gasteiger partial charge on any atom is 0.279 e. The van der Waals surface area contributed by atoms with Crippen LogP contribution in [0.15, 0.2) is 52.4 Å². The zero-order valence-corrected chi connectivity index (χ0v) is 20.3. The number of aromatic nitrogens is 1. The molecule has 0 N–H and O–H groups in total. The molecule has 3 aromatic rings. The molecule has 0 saturated heterocycles. The van der Waals surface area contributed by atoms with Gasteiger partial charge in [0, 0.05) is 32.0 Å². The van der Waals surface area contributed by atoms with Crippen molar-refractivity contribution in [3.63, 3.8) is 0 Å². The number of amides is 1. The molecule has 7 nitrogen and oxygen atoms in total. The largest absolute Gasteiger partial charge is 0.494 e. The molecule has 0 saturated carbocycles. The number of thioether (sulfide) groups is 1. The monoisotopic (exact) mass is 479 g/mol. The Bertz CT molecular complexity index is 1240. The number of benzene rings is 2. The van der Waals surface area contributed by atoms with Crippen molar-refractivity contribution in [3.05, 3.63) is 52.8 Å². The van der Waals surface area contributed by atoms with Crippen molar-refractivity contribution in [2.24, 2.45) is 4.99 Å². The fourth-order valence-electron chi connectivity index (χ4n) is 2.93. The minimum Gasteiger partial charge on any atom is -0.494 e. The van der Waals surface area contributed by atoms with Gasteiger partial charge in [-0.25, -0.2) is 12.7 Å². The molecule has 0 aliphatic heterocycles. The lowest BCUT2D eigenvalue weighted by atomic mass is 10.2. The van der Waals surface area contributed by atoms with Gasteiger partial charge in [0.1, 0.15) is 5.75 Å². The molecule has 166 valence electrons. The van der Waals surface area contributed by atoms with Crippen molar-refractivity contribution in [2.75, 3.05) is 32.7 Å². The van der Waals surface area contributed by atoms with E-state index in [4.69, 9.17) is 4.74 Å². The highest BCUT2D eigenvalue weighted by Gasteiger charge is 2.17. The minimum absolute atomic E-state index is 0.134.